The van der Waals surface area contributed by atoms with Gasteiger partial charge < -0.3 is 9.26 Å². The second-order valence-corrected chi connectivity index (χ2v) is 7.73. The van der Waals surface area contributed by atoms with E-state index in [0.717, 1.165) is 34.3 Å². The molecule has 0 N–H and O–H groups in total. The lowest BCUT2D eigenvalue weighted by molar-refractivity contribution is 0.391. The van der Waals surface area contributed by atoms with Crippen molar-refractivity contribution in [1.82, 2.24) is 24.9 Å². The molecule has 0 aliphatic carbocycles. The number of aromatic nitrogens is 5. The van der Waals surface area contributed by atoms with Gasteiger partial charge in [-0.3, -0.25) is 4.57 Å². The maximum atomic E-state index is 5.44. The fourth-order valence-electron chi connectivity index (χ4n) is 3.09. The van der Waals surface area contributed by atoms with E-state index in [4.69, 9.17) is 9.26 Å². The third-order valence-electron chi connectivity index (χ3n) is 4.79. The van der Waals surface area contributed by atoms with Crippen LogP contribution >= 0.6 is 11.8 Å². The van der Waals surface area contributed by atoms with Gasteiger partial charge in [0.15, 0.2) is 11.0 Å². The predicted molar refractivity (Wildman–Crippen MR) is 121 cm³/mol. The summed E-state index contributed by atoms with van der Waals surface area (Å²) >= 11 is 1.50. The number of rotatable bonds is 9. The number of hydrogen-bond donors (Lipinski definition) is 0. The minimum absolute atomic E-state index is 0.498. The zero-order chi connectivity index (χ0) is 21.6. The number of aryl methyl sites for hydroxylation is 1. The quantitative estimate of drug-likeness (QED) is 0.270. The van der Waals surface area contributed by atoms with Gasteiger partial charge in [-0.1, -0.05) is 54.2 Å². The first-order valence-corrected chi connectivity index (χ1v) is 10.9. The van der Waals surface area contributed by atoms with Crippen LogP contribution in [0.2, 0.25) is 0 Å². The molecule has 7 nitrogen and oxygen atoms in total. The Morgan fingerprint density at radius 3 is 2.48 bits per heavy atom. The zero-order valence-electron chi connectivity index (χ0n) is 17.5. The maximum Gasteiger partial charge on any atom is 0.237 e. The van der Waals surface area contributed by atoms with E-state index in [9.17, 15) is 0 Å². The summed E-state index contributed by atoms with van der Waals surface area (Å²) in [5.41, 5.74) is 3.17. The van der Waals surface area contributed by atoms with Gasteiger partial charge >= 0.3 is 0 Å². The van der Waals surface area contributed by atoms with E-state index < -0.39 is 0 Å². The first-order valence-electron chi connectivity index (χ1n) is 9.95. The molecule has 2 heterocycles. The standard InChI is InChI=1S/C23H23N5O2S/c1-4-14-28-22(18-10-12-19(29-3)13-11-18)25-26-23(28)31-15-20-24-21(27-30-20)17-8-6-16(5-2)7-9-17/h4,6-13H,1,5,14-15H2,2-3H3. The first kappa shape index (κ1) is 20.9. The predicted octanol–water partition coefficient (Wildman–Crippen LogP) is 5.04. The highest BCUT2D eigenvalue weighted by Gasteiger charge is 2.16. The molecule has 31 heavy (non-hydrogen) atoms. The summed E-state index contributed by atoms with van der Waals surface area (Å²) in [5.74, 6) is 3.19. The molecule has 2 aromatic carbocycles. The number of nitrogens with zero attached hydrogens (tertiary/aromatic N) is 5. The van der Waals surface area contributed by atoms with Gasteiger partial charge in [-0.25, -0.2) is 0 Å². The fraction of sp³-hybridized carbons (Fsp3) is 0.217. The lowest BCUT2D eigenvalue weighted by Crippen LogP contribution is -2.00. The largest absolute Gasteiger partial charge is 0.497 e. The van der Waals surface area contributed by atoms with Gasteiger partial charge in [0, 0.05) is 17.7 Å². The van der Waals surface area contributed by atoms with Gasteiger partial charge in [0.1, 0.15) is 5.75 Å². The molecule has 158 valence electrons. The highest BCUT2D eigenvalue weighted by atomic mass is 32.2. The normalized spacial score (nSPS) is 10.9. The minimum Gasteiger partial charge on any atom is -0.497 e. The molecule has 0 spiro atoms. The molecule has 4 rings (SSSR count). The van der Waals surface area contributed by atoms with Crippen molar-refractivity contribution in [3.8, 4) is 28.5 Å². The van der Waals surface area contributed by atoms with Crippen LogP contribution in [0.5, 0.6) is 5.75 Å². The Labute approximate surface area is 185 Å². The summed E-state index contributed by atoms with van der Waals surface area (Å²) in [7, 11) is 1.65. The monoisotopic (exact) mass is 433 g/mol. The van der Waals surface area contributed by atoms with Crippen LogP contribution in [0.3, 0.4) is 0 Å². The van der Waals surface area contributed by atoms with Gasteiger partial charge in [-0.2, -0.15) is 4.98 Å². The molecule has 4 aromatic rings. The molecule has 2 aromatic heterocycles. The summed E-state index contributed by atoms with van der Waals surface area (Å²) in [6.07, 6.45) is 2.82. The fourth-order valence-corrected chi connectivity index (χ4v) is 3.87. The van der Waals surface area contributed by atoms with Crippen LogP contribution in [-0.4, -0.2) is 32.0 Å². The summed E-state index contributed by atoms with van der Waals surface area (Å²) < 4.78 is 12.7. The molecule has 0 amide bonds. The molecule has 0 atom stereocenters. The molecule has 0 aliphatic heterocycles. The number of ether oxygens (including phenoxy) is 1. The number of hydrogen-bond acceptors (Lipinski definition) is 7. The Kier molecular flexibility index (Phi) is 6.47. The molecule has 0 saturated heterocycles. The molecule has 8 heteroatoms. The molecule has 0 bridgehead atoms. The van der Waals surface area contributed by atoms with Crippen LogP contribution in [0.1, 0.15) is 18.4 Å². The van der Waals surface area contributed by atoms with Gasteiger partial charge in [0.05, 0.1) is 12.9 Å². The van der Waals surface area contributed by atoms with Crippen LogP contribution in [0.25, 0.3) is 22.8 Å². The van der Waals surface area contributed by atoms with Gasteiger partial charge in [0.2, 0.25) is 11.7 Å². The SMILES string of the molecule is C=CCn1c(SCc2nc(-c3ccc(CC)cc3)no2)nnc1-c1ccc(OC)cc1. The molecule has 0 radical (unpaired) electrons. The second-order valence-electron chi connectivity index (χ2n) is 6.78. The number of thioether (sulfide) groups is 1. The summed E-state index contributed by atoms with van der Waals surface area (Å²) in [5, 5.41) is 13.6. The van der Waals surface area contributed by atoms with Gasteiger partial charge in [0.25, 0.3) is 0 Å². The van der Waals surface area contributed by atoms with Gasteiger partial charge in [-0.15, -0.1) is 16.8 Å². The van der Waals surface area contributed by atoms with E-state index in [2.05, 4.69) is 46.0 Å². The molecular weight excluding hydrogens is 410 g/mol. The highest BCUT2D eigenvalue weighted by molar-refractivity contribution is 7.98. The third kappa shape index (κ3) is 4.69. The van der Waals surface area contributed by atoms with Crippen molar-refractivity contribution in [3.05, 3.63) is 72.6 Å². The number of allylic oxidation sites excluding steroid dienone is 1. The van der Waals surface area contributed by atoms with Crippen LogP contribution in [0, 0.1) is 0 Å². The van der Waals surface area contributed by atoms with E-state index in [-0.39, 0.29) is 0 Å². The van der Waals surface area contributed by atoms with Crippen molar-refractivity contribution < 1.29 is 9.26 Å². The van der Waals surface area contributed by atoms with Crippen molar-refractivity contribution in [2.24, 2.45) is 0 Å². The average molecular weight is 434 g/mol. The third-order valence-corrected chi connectivity index (χ3v) is 5.74. The topological polar surface area (TPSA) is 78.9 Å². The summed E-state index contributed by atoms with van der Waals surface area (Å²) in [4.78, 5) is 4.52. The Bertz CT molecular complexity index is 1150. The summed E-state index contributed by atoms with van der Waals surface area (Å²) in [6, 6.07) is 15.9. The molecule has 0 aliphatic rings. The zero-order valence-corrected chi connectivity index (χ0v) is 18.3. The van der Waals surface area contributed by atoms with Crippen molar-refractivity contribution in [3.63, 3.8) is 0 Å². The Morgan fingerprint density at radius 2 is 1.81 bits per heavy atom. The van der Waals surface area contributed by atoms with E-state index in [1.165, 1.54) is 17.3 Å². The average Bonchev–Trinajstić information content (AvgIpc) is 3.45. The van der Waals surface area contributed by atoms with E-state index in [0.29, 0.717) is 24.0 Å². The molecule has 0 unspecified atom stereocenters. The highest BCUT2D eigenvalue weighted by Crippen LogP contribution is 2.28. The van der Waals surface area contributed by atoms with Crippen LogP contribution in [-0.2, 0) is 18.7 Å². The Hall–Kier alpha value is -3.39. The maximum absolute atomic E-state index is 5.44. The Balaban J connectivity index is 1.50. The second kappa shape index (κ2) is 9.61. The van der Waals surface area contributed by atoms with Crippen LogP contribution < -0.4 is 4.74 Å². The minimum atomic E-state index is 0.498. The molecule has 0 saturated carbocycles. The van der Waals surface area contributed by atoms with Crippen LogP contribution in [0.4, 0.5) is 0 Å². The summed E-state index contributed by atoms with van der Waals surface area (Å²) in [6.45, 7) is 6.58. The molecule has 0 fully saturated rings. The van der Waals surface area contributed by atoms with Gasteiger partial charge in [-0.05, 0) is 36.2 Å². The molecular formula is C23H23N5O2S. The van der Waals surface area contributed by atoms with Crippen molar-refractivity contribution in [1.29, 1.82) is 0 Å². The lowest BCUT2D eigenvalue weighted by Gasteiger charge is -2.07. The van der Waals surface area contributed by atoms with Crippen molar-refractivity contribution >= 4 is 11.8 Å². The van der Waals surface area contributed by atoms with Crippen LogP contribution in [0.15, 0.2) is 70.9 Å². The first-order chi connectivity index (χ1) is 15.2. The number of benzene rings is 2. The Morgan fingerprint density at radius 1 is 1.06 bits per heavy atom. The smallest absolute Gasteiger partial charge is 0.237 e. The van der Waals surface area contributed by atoms with E-state index >= 15 is 0 Å². The lowest BCUT2D eigenvalue weighted by atomic mass is 10.1. The van der Waals surface area contributed by atoms with Crippen molar-refractivity contribution in [2.45, 2.75) is 30.8 Å². The van der Waals surface area contributed by atoms with E-state index in [1.807, 2.05) is 47.0 Å². The van der Waals surface area contributed by atoms with E-state index in [1.54, 1.807) is 7.11 Å². The van der Waals surface area contributed by atoms with Crippen molar-refractivity contribution in [2.75, 3.05) is 7.11 Å². The number of methoxy groups -OCH3 is 1.